The molecule has 130 valence electrons. The van der Waals surface area contributed by atoms with Gasteiger partial charge in [0.1, 0.15) is 18.2 Å². The van der Waals surface area contributed by atoms with Crippen LogP contribution in [-0.4, -0.2) is 17.1 Å². The number of nitrogens with zero attached hydrogens (tertiary/aromatic N) is 2. The van der Waals surface area contributed by atoms with E-state index in [0.29, 0.717) is 17.9 Å². The van der Waals surface area contributed by atoms with Crippen molar-refractivity contribution in [2.75, 3.05) is 0 Å². The average molecular weight is 349 g/mol. The first kappa shape index (κ1) is 17.3. The Morgan fingerprint density at radius 1 is 1.04 bits per heavy atom. The summed E-state index contributed by atoms with van der Waals surface area (Å²) in [6.07, 6.45) is 4.63. The molecule has 0 atom stereocenters. The molecule has 0 saturated carbocycles. The molecule has 3 aromatic rings. The molecule has 1 N–H and O–H groups in total. The van der Waals surface area contributed by atoms with Crippen molar-refractivity contribution in [3.05, 3.63) is 95.6 Å². The van der Waals surface area contributed by atoms with Gasteiger partial charge in [0.05, 0.1) is 6.21 Å². The van der Waals surface area contributed by atoms with Gasteiger partial charge in [0.2, 0.25) is 0 Å². The quantitative estimate of drug-likeness (QED) is 0.547. The van der Waals surface area contributed by atoms with Crippen LogP contribution in [0.15, 0.2) is 78.2 Å². The third kappa shape index (κ3) is 4.98. The maximum atomic E-state index is 12.9. The predicted octanol–water partition coefficient (Wildman–Crippen LogP) is 3.56. The van der Waals surface area contributed by atoms with Crippen LogP contribution in [0.2, 0.25) is 0 Å². The maximum absolute atomic E-state index is 12.9. The third-order valence-corrected chi connectivity index (χ3v) is 3.52. The molecule has 1 aromatic heterocycles. The van der Waals surface area contributed by atoms with Crippen molar-refractivity contribution in [3.8, 4) is 5.75 Å². The smallest absolute Gasteiger partial charge is 0.271 e. The molecule has 0 saturated heterocycles. The molecule has 0 aliphatic carbocycles. The summed E-state index contributed by atoms with van der Waals surface area (Å²) >= 11 is 0. The fourth-order valence-corrected chi connectivity index (χ4v) is 2.13. The van der Waals surface area contributed by atoms with E-state index in [1.54, 1.807) is 55.0 Å². The summed E-state index contributed by atoms with van der Waals surface area (Å²) in [5.41, 5.74) is 4.64. The van der Waals surface area contributed by atoms with Crippen LogP contribution >= 0.6 is 0 Å². The van der Waals surface area contributed by atoms with Crippen LogP contribution in [0.4, 0.5) is 4.39 Å². The summed E-state index contributed by atoms with van der Waals surface area (Å²) < 4.78 is 18.5. The minimum atomic E-state index is -0.303. The highest BCUT2D eigenvalue weighted by molar-refractivity contribution is 5.94. The van der Waals surface area contributed by atoms with E-state index in [1.807, 2.05) is 12.1 Å². The standard InChI is InChI=1S/C20H16FN3O2/c21-18-5-1-16(2-6-18)14-26-19-7-3-15(4-8-19)13-23-24-20(25)17-9-11-22-12-10-17/h1-13H,14H2,(H,24,25). The van der Waals surface area contributed by atoms with Gasteiger partial charge < -0.3 is 4.74 Å². The molecule has 0 unspecified atom stereocenters. The Balaban J connectivity index is 1.51. The normalized spacial score (nSPS) is 10.7. The Hall–Kier alpha value is -3.54. The van der Waals surface area contributed by atoms with Gasteiger partial charge in [-0.25, -0.2) is 9.82 Å². The van der Waals surface area contributed by atoms with Crippen LogP contribution in [0.3, 0.4) is 0 Å². The van der Waals surface area contributed by atoms with Crippen molar-refractivity contribution < 1.29 is 13.9 Å². The highest BCUT2D eigenvalue weighted by Crippen LogP contribution is 2.14. The van der Waals surface area contributed by atoms with Gasteiger partial charge in [-0.15, -0.1) is 0 Å². The molecule has 0 aliphatic heterocycles. The minimum Gasteiger partial charge on any atom is -0.489 e. The van der Waals surface area contributed by atoms with Gasteiger partial charge in [0.15, 0.2) is 0 Å². The van der Waals surface area contributed by atoms with Crippen LogP contribution in [0.5, 0.6) is 5.75 Å². The number of aromatic nitrogens is 1. The fourth-order valence-electron chi connectivity index (χ4n) is 2.13. The number of rotatable bonds is 6. The van der Waals surface area contributed by atoms with E-state index in [-0.39, 0.29) is 11.7 Å². The molecule has 3 rings (SSSR count). The van der Waals surface area contributed by atoms with Gasteiger partial charge >= 0.3 is 0 Å². The van der Waals surface area contributed by atoms with Crippen LogP contribution in [-0.2, 0) is 6.61 Å². The van der Waals surface area contributed by atoms with Crippen LogP contribution in [0.25, 0.3) is 0 Å². The van der Waals surface area contributed by atoms with Gasteiger partial charge in [-0.3, -0.25) is 9.78 Å². The van der Waals surface area contributed by atoms with Crippen molar-refractivity contribution >= 4 is 12.1 Å². The number of carbonyl (C=O) groups excluding carboxylic acids is 1. The van der Waals surface area contributed by atoms with Crippen molar-refractivity contribution in [3.63, 3.8) is 0 Å². The van der Waals surface area contributed by atoms with E-state index >= 15 is 0 Å². The van der Waals surface area contributed by atoms with E-state index in [4.69, 9.17) is 4.74 Å². The van der Waals surface area contributed by atoms with Crippen molar-refractivity contribution in [2.45, 2.75) is 6.61 Å². The largest absolute Gasteiger partial charge is 0.489 e. The lowest BCUT2D eigenvalue weighted by Crippen LogP contribution is -2.17. The van der Waals surface area contributed by atoms with Crippen LogP contribution in [0.1, 0.15) is 21.5 Å². The number of amides is 1. The maximum Gasteiger partial charge on any atom is 0.271 e. The molecule has 1 amide bonds. The Morgan fingerprint density at radius 3 is 2.42 bits per heavy atom. The summed E-state index contributed by atoms with van der Waals surface area (Å²) in [5.74, 6) is 0.114. The molecule has 26 heavy (non-hydrogen) atoms. The summed E-state index contributed by atoms with van der Waals surface area (Å²) in [6, 6.07) is 16.6. The highest BCUT2D eigenvalue weighted by Gasteiger charge is 2.02. The first-order chi connectivity index (χ1) is 12.7. The molecule has 0 bridgehead atoms. The lowest BCUT2D eigenvalue weighted by Gasteiger charge is -2.06. The van der Waals surface area contributed by atoms with Gasteiger partial charge in [-0.05, 0) is 59.7 Å². The Labute approximate surface area is 150 Å². The summed E-state index contributed by atoms with van der Waals surface area (Å²) in [6.45, 7) is 0.357. The zero-order chi connectivity index (χ0) is 18.2. The number of benzene rings is 2. The number of nitrogens with one attached hydrogen (secondary N) is 1. The zero-order valence-electron chi connectivity index (χ0n) is 13.8. The summed E-state index contributed by atoms with van der Waals surface area (Å²) in [7, 11) is 0. The lowest BCUT2D eigenvalue weighted by atomic mass is 10.2. The number of hydrazone groups is 1. The van der Waals surface area contributed by atoms with E-state index in [2.05, 4.69) is 15.5 Å². The Bertz CT molecular complexity index is 879. The fraction of sp³-hybridized carbons (Fsp3) is 0.0500. The topological polar surface area (TPSA) is 63.6 Å². The second kappa shape index (κ2) is 8.53. The van der Waals surface area contributed by atoms with Crippen LogP contribution in [0, 0.1) is 5.82 Å². The van der Waals surface area contributed by atoms with E-state index in [9.17, 15) is 9.18 Å². The second-order valence-electron chi connectivity index (χ2n) is 5.42. The van der Waals surface area contributed by atoms with Gasteiger partial charge in [-0.1, -0.05) is 12.1 Å². The monoisotopic (exact) mass is 349 g/mol. The zero-order valence-corrected chi connectivity index (χ0v) is 13.8. The molecule has 6 heteroatoms. The molecule has 2 aromatic carbocycles. The molecule has 0 fully saturated rings. The van der Waals surface area contributed by atoms with Gasteiger partial charge in [0.25, 0.3) is 5.91 Å². The molecule has 0 aliphatic rings. The Morgan fingerprint density at radius 2 is 1.73 bits per heavy atom. The van der Waals surface area contributed by atoms with Crippen molar-refractivity contribution in [1.29, 1.82) is 0 Å². The van der Waals surface area contributed by atoms with Gasteiger partial charge in [-0.2, -0.15) is 5.10 Å². The molecule has 1 heterocycles. The molecular formula is C20H16FN3O2. The van der Waals surface area contributed by atoms with Crippen molar-refractivity contribution in [1.82, 2.24) is 10.4 Å². The first-order valence-corrected chi connectivity index (χ1v) is 7.91. The lowest BCUT2D eigenvalue weighted by molar-refractivity contribution is 0.0955. The number of pyridine rings is 1. The number of hydrogen-bond acceptors (Lipinski definition) is 4. The molecule has 0 radical (unpaired) electrons. The molecule has 0 spiro atoms. The SMILES string of the molecule is O=C(NN=Cc1ccc(OCc2ccc(F)cc2)cc1)c1ccncc1. The Kier molecular flexibility index (Phi) is 5.67. The van der Waals surface area contributed by atoms with E-state index in [1.165, 1.54) is 12.1 Å². The van der Waals surface area contributed by atoms with E-state index in [0.717, 1.165) is 11.1 Å². The third-order valence-electron chi connectivity index (χ3n) is 3.52. The summed E-state index contributed by atoms with van der Waals surface area (Å²) in [4.78, 5) is 15.7. The van der Waals surface area contributed by atoms with E-state index < -0.39 is 0 Å². The van der Waals surface area contributed by atoms with Gasteiger partial charge in [0, 0.05) is 18.0 Å². The summed E-state index contributed by atoms with van der Waals surface area (Å²) in [5, 5.41) is 3.93. The first-order valence-electron chi connectivity index (χ1n) is 7.91. The second-order valence-corrected chi connectivity index (χ2v) is 5.42. The number of halogens is 1. The van der Waals surface area contributed by atoms with Crippen LogP contribution < -0.4 is 10.2 Å². The number of ether oxygens (including phenoxy) is 1. The minimum absolute atomic E-state index is 0.270. The number of hydrogen-bond donors (Lipinski definition) is 1. The highest BCUT2D eigenvalue weighted by atomic mass is 19.1. The molecule has 5 nitrogen and oxygen atoms in total. The number of carbonyl (C=O) groups is 1. The van der Waals surface area contributed by atoms with Crippen molar-refractivity contribution in [2.24, 2.45) is 5.10 Å². The molecular weight excluding hydrogens is 333 g/mol. The predicted molar refractivity (Wildman–Crippen MR) is 96.5 cm³/mol. The average Bonchev–Trinajstić information content (AvgIpc) is 2.69.